The highest BCUT2D eigenvalue weighted by Gasteiger charge is 2.27. The number of thiocarbonyl (C=S) groups is 1. The molecular formula is C30H25ClF2N4O2S3. The van der Waals surface area contributed by atoms with Crippen molar-refractivity contribution in [3.05, 3.63) is 74.6 Å². The van der Waals surface area contributed by atoms with E-state index in [-0.39, 0.29) is 22.3 Å². The maximum atomic E-state index is 15.9. The monoisotopic (exact) mass is 642 g/mol. The van der Waals surface area contributed by atoms with Crippen LogP contribution in [-0.2, 0) is 4.79 Å². The first-order chi connectivity index (χ1) is 20.2. The van der Waals surface area contributed by atoms with Gasteiger partial charge in [0, 0.05) is 17.2 Å². The molecule has 0 radical (unpaired) electrons. The second-order valence-electron chi connectivity index (χ2n) is 10.1. The first kappa shape index (κ1) is 30.2. The lowest BCUT2D eigenvalue weighted by molar-refractivity contribution is -0.128. The van der Waals surface area contributed by atoms with Crippen molar-refractivity contribution >= 4 is 88.0 Å². The molecule has 0 atom stereocenters. The number of thiazole rings is 1. The number of aromatic nitrogens is 1. The Labute approximate surface area is 261 Å². The number of hydrazone groups is 1. The largest absolute Gasteiger partial charge is 0.422 e. The average molecular weight is 643 g/mol. The van der Waals surface area contributed by atoms with Crippen LogP contribution in [0.4, 0.5) is 13.9 Å². The minimum Gasteiger partial charge on any atom is -0.422 e. The van der Waals surface area contributed by atoms with Crippen LogP contribution in [0.5, 0.6) is 5.75 Å². The Morgan fingerprint density at radius 1 is 1.24 bits per heavy atom. The molecule has 2 aliphatic carbocycles. The number of nitrogens with zero attached hydrogens (tertiary/aromatic N) is 3. The zero-order chi connectivity index (χ0) is 30.0. The van der Waals surface area contributed by atoms with Gasteiger partial charge in [0.15, 0.2) is 11.6 Å². The lowest BCUT2D eigenvalue weighted by atomic mass is 9.78. The van der Waals surface area contributed by atoms with Crippen molar-refractivity contribution in [1.29, 1.82) is 0 Å². The summed E-state index contributed by atoms with van der Waals surface area (Å²) in [5.41, 5.74) is 4.41. The number of esters is 1. The fourth-order valence-corrected chi connectivity index (χ4v) is 6.54. The van der Waals surface area contributed by atoms with Crippen LogP contribution >= 0.6 is 48.0 Å². The molecule has 1 N–H and O–H groups in total. The fourth-order valence-electron chi connectivity index (χ4n) is 5.05. The average Bonchev–Trinajstić information content (AvgIpc) is 3.37. The van der Waals surface area contributed by atoms with E-state index in [4.69, 9.17) is 28.6 Å². The highest BCUT2D eigenvalue weighted by atomic mass is 35.5. The normalized spacial score (nSPS) is 19.3. The number of carbonyl (C=O) groups is 1. The number of fused-ring (bicyclic) bond motifs is 1. The topological polar surface area (TPSA) is 75.9 Å². The number of nitrogens with one attached hydrogen (secondary N) is 1. The molecule has 2 aliphatic rings. The number of hydrogen-bond acceptors (Lipinski definition) is 9. The molecule has 0 amide bonds. The van der Waals surface area contributed by atoms with E-state index in [1.165, 1.54) is 35.8 Å². The van der Waals surface area contributed by atoms with E-state index < -0.39 is 17.6 Å². The van der Waals surface area contributed by atoms with E-state index in [2.05, 4.69) is 46.2 Å². The molecule has 1 aromatic heterocycles. The molecule has 42 heavy (non-hydrogen) atoms. The van der Waals surface area contributed by atoms with Gasteiger partial charge in [0.25, 0.3) is 0 Å². The third kappa shape index (κ3) is 6.39. The van der Waals surface area contributed by atoms with Gasteiger partial charge in [0.05, 0.1) is 31.7 Å². The van der Waals surface area contributed by atoms with Gasteiger partial charge in [-0.2, -0.15) is 5.10 Å². The van der Waals surface area contributed by atoms with Crippen molar-refractivity contribution in [3.63, 3.8) is 0 Å². The summed E-state index contributed by atoms with van der Waals surface area (Å²) < 4.78 is 41.4. The number of hydrogen-bond donors (Lipinski definition) is 2. The van der Waals surface area contributed by atoms with E-state index in [0.717, 1.165) is 36.3 Å². The summed E-state index contributed by atoms with van der Waals surface area (Å²) in [6.45, 7) is 5.54. The maximum Gasteiger partial charge on any atom is 0.335 e. The molecule has 0 spiro atoms. The molecule has 0 bridgehead atoms. The van der Waals surface area contributed by atoms with Crippen LogP contribution in [0.1, 0.15) is 49.7 Å². The van der Waals surface area contributed by atoms with Gasteiger partial charge in [-0.25, -0.2) is 23.0 Å². The molecule has 6 nitrogen and oxygen atoms in total. The number of anilines is 1. The molecule has 0 aliphatic heterocycles. The zero-order valence-electron chi connectivity index (χ0n) is 22.4. The Morgan fingerprint density at radius 2 is 2.00 bits per heavy atom. The minimum atomic E-state index is -1.000. The molecule has 5 rings (SSSR count). The maximum absolute atomic E-state index is 15.9. The molecule has 0 saturated heterocycles. The second kappa shape index (κ2) is 12.9. The lowest BCUT2D eigenvalue weighted by Gasteiger charge is -2.27. The third-order valence-electron chi connectivity index (χ3n) is 7.26. The minimum absolute atomic E-state index is 0.0189. The Hall–Kier alpha value is -3.25. The molecule has 1 fully saturated rings. The van der Waals surface area contributed by atoms with Gasteiger partial charge in [-0.15, -0.1) is 0 Å². The molecule has 1 heterocycles. The summed E-state index contributed by atoms with van der Waals surface area (Å²) in [6.07, 6.45) is 9.41. The molecule has 216 valence electrons. The van der Waals surface area contributed by atoms with Crippen LogP contribution in [0.15, 0.2) is 46.4 Å². The van der Waals surface area contributed by atoms with Crippen LogP contribution in [-0.4, -0.2) is 27.7 Å². The zero-order valence-corrected chi connectivity index (χ0v) is 25.6. The highest BCUT2D eigenvalue weighted by Crippen LogP contribution is 2.41. The number of rotatable bonds is 7. The van der Waals surface area contributed by atoms with E-state index in [0.29, 0.717) is 43.7 Å². The number of ether oxygens (including phenoxy) is 1. The van der Waals surface area contributed by atoms with Crippen LogP contribution in [0, 0.1) is 17.6 Å². The second-order valence-corrected chi connectivity index (χ2v) is 12.1. The third-order valence-corrected chi connectivity index (χ3v) is 9.02. The number of halogens is 3. The Bertz CT molecular complexity index is 1780. The van der Waals surface area contributed by atoms with Gasteiger partial charge in [0.1, 0.15) is 5.75 Å². The van der Waals surface area contributed by atoms with Crippen molar-refractivity contribution in [2.24, 2.45) is 15.4 Å². The van der Waals surface area contributed by atoms with Gasteiger partial charge in [0.2, 0.25) is 5.13 Å². The summed E-state index contributed by atoms with van der Waals surface area (Å²) in [4.78, 5) is 16.7. The van der Waals surface area contributed by atoms with Crippen molar-refractivity contribution in [3.8, 4) is 16.9 Å². The van der Waals surface area contributed by atoms with E-state index >= 15 is 8.78 Å². The molecule has 2 aromatic carbocycles. The summed E-state index contributed by atoms with van der Waals surface area (Å²) in [5.74, 6) is -2.05. The number of carbonyl (C=O) groups excluding carboxylic acids is 1. The van der Waals surface area contributed by atoms with Crippen molar-refractivity contribution in [2.75, 3.05) is 5.43 Å². The molecular weight excluding hydrogens is 618 g/mol. The van der Waals surface area contributed by atoms with Crippen molar-refractivity contribution in [1.82, 2.24) is 4.98 Å². The van der Waals surface area contributed by atoms with Crippen LogP contribution in [0.3, 0.4) is 0 Å². The molecule has 1 saturated carbocycles. The SMILES string of the molecule is C=CC(=O)Oc1ccc(-c2c(/C=N/Nc3nc4c(s3)=C/C(=N/S)C(=S)C=4)cc(C3CCC(C)CC3)c(F)c2F)cc1Cl. The smallest absolute Gasteiger partial charge is 0.335 e. The predicted octanol–water partition coefficient (Wildman–Crippen LogP) is 6.80. The first-order valence-electron chi connectivity index (χ1n) is 13.1. The van der Waals surface area contributed by atoms with Gasteiger partial charge < -0.3 is 4.74 Å². The molecule has 3 aromatic rings. The van der Waals surface area contributed by atoms with Gasteiger partial charge >= 0.3 is 5.97 Å². The van der Waals surface area contributed by atoms with E-state index in [9.17, 15) is 4.79 Å². The van der Waals surface area contributed by atoms with Gasteiger partial charge in [-0.3, -0.25) is 5.43 Å². The quantitative estimate of drug-likeness (QED) is 0.0564. The van der Waals surface area contributed by atoms with Crippen molar-refractivity contribution in [2.45, 2.75) is 38.5 Å². The standard InChI is InChI=1S/C30H25ClF2N4O2S3/c1-3-26(38)39-23-9-8-17(11-20(23)31)27-18(10-19(28(32)29(27)33)16-6-4-15(2)5-7-16)14-34-36-30-35-22-12-24(40)21(37-41)13-25(22)42-30/h3,8-16,41H,1,4-7H2,2H3,(H,35,36)/b34-14+,37-21-. The Balaban J connectivity index is 1.54. The number of benzene rings is 2. The Morgan fingerprint density at radius 3 is 2.69 bits per heavy atom. The summed E-state index contributed by atoms with van der Waals surface area (Å²) >= 11 is 16.9. The van der Waals surface area contributed by atoms with Crippen LogP contribution in [0.25, 0.3) is 23.3 Å². The van der Waals surface area contributed by atoms with Crippen LogP contribution < -0.4 is 20.0 Å². The van der Waals surface area contributed by atoms with E-state index in [1.54, 1.807) is 18.2 Å². The summed E-state index contributed by atoms with van der Waals surface area (Å²) in [5, 5.41) is 5.54. The molecule has 0 unspecified atom stereocenters. The summed E-state index contributed by atoms with van der Waals surface area (Å²) in [7, 11) is 0. The summed E-state index contributed by atoms with van der Waals surface area (Å²) in [6, 6.07) is 6.00. The van der Waals surface area contributed by atoms with Crippen molar-refractivity contribution < 1.29 is 18.3 Å². The Kier molecular flexibility index (Phi) is 9.32. The highest BCUT2D eigenvalue weighted by molar-refractivity contribution is 7.84. The van der Waals surface area contributed by atoms with Gasteiger partial charge in [-0.05, 0) is 79.0 Å². The predicted molar refractivity (Wildman–Crippen MR) is 174 cm³/mol. The first-order valence-corrected chi connectivity index (χ1v) is 15.1. The lowest BCUT2D eigenvalue weighted by Crippen LogP contribution is -2.30. The number of thiol groups is 1. The molecule has 12 heteroatoms. The van der Waals surface area contributed by atoms with Crippen LogP contribution in [0.2, 0.25) is 5.02 Å². The fraction of sp³-hybridized carbons (Fsp3) is 0.233. The van der Waals surface area contributed by atoms with Gasteiger partial charge in [-0.1, -0.05) is 67.6 Å². The van der Waals surface area contributed by atoms with E-state index in [1.807, 2.05) is 0 Å².